The molecule has 0 saturated carbocycles. The van der Waals surface area contributed by atoms with E-state index in [-0.39, 0.29) is 24.1 Å². The largest absolute Gasteiger partial charge is 0.491 e. The van der Waals surface area contributed by atoms with Crippen LogP contribution in [0.1, 0.15) is 16.1 Å². The molecule has 31 heavy (non-hydrogen) atoms. The molecule has 0 aliphatic carbocycles. The maximum atomic E-state index is 13.2. The van der Waals surface area contributed by atoms with Crippen LogP contribution < -0.4 is 0 Å². The minimum Gasteiger partial charge on any atom is -0.390 e. The second-order valence-electron chi connectivity index (χ2n) is 7.03. The molecule has 0 N–H and O–H groups in total. The summed E-state index contributed by atoms with van der Waals surface area (Å²) in [5, 5.41) is 19.0. The number of nitro groups is 1. The highest BCUT2D eigenvalue weighted by molar-refractivity contribution is 6.31. The fourth-order valence-electron chi connectivity index (χ4n) is 3.30. The normalized spacial score (nSPS) is 14.7. The summed E-state index contributed by atoms with van der Waals surface area (Å²) < 4.78 is 15.9. The Kier molecular flexibility index (Phi) is 5.91. The molecule has 1 fully saturated rings. The maximum absolute atomic E-state index is 13.2. The zero-order valence-corrected chi connectivity index (χ0v) is 17.0. The fourth-order valence-corrected chi connectivity index (χ4v) is 3.53. The lowest BCUT2D eigenvalue weighted by Gasteiger charge is -2.34. The number of amides is 1. The lowest BCUT2D eigenvalue weighted by atomic mass is 10.2. The van der Waals surface area contributed by atoms with Gasteiger partial charge in [0.25, 0.3) is 5.91 Å². The Labute approximate surface area is 180 Å². The monoisotopic (exact) mass is 448 g/mol. The minimum absolute atomic E-state index is 0.0975. The van der Waals surface area contributed by atoms with Crippen molar-refractivity contribution in [2.24, 2.45) is 0 Å². The van der Waals surface area contributed by atoms with Crippen LogP contribution in [0.3, 0.4) is 0 Å². The third kappa shape index (κ3) is 4.86. The number of benzene rings is 1. The first-order valence-electron chi connectivity index (χ1n) is 9.42. The molecule has 1 saturated heterocycles. The summed E-state index contributed by atoms with van der Waals surface area (Å²) in [7, 11) is 0. The second kappa shape index (κ2) is 8.78. The Bertz CT molecular complexity index is 1110. The molecule has 0 radical (unpaired) electrons. The van der Waals surface area contributed by atoms with Crippen molar-refractivity contribution in [2.75, 3.05) is 26.2 Å². The summed E-state index contributed by atoms with van der Waals surface area (Å²) in [6, 6.07) is 5.95. The standard InChI is InChI=1S/C18H18ClFN8O3/c19-15-9-14(20)2-1-13(15)10-24-5-7-25(8-6-24)17(29)16-3-4-26(22-16)12-27-11-21-18(23-27)28(30)31/h1-4,9,11H,5-8,10,12H2. The van der Waals surface area contributed by atoms with E-state index in [0.29, 0.717) is 37.7 Å². The Hall–Kier alpha value is -3.38. The van der Waals surface area contributed by atoms with E-state index in [1.54, 1.807) is 23.2 Å². The third-order valence-corrected chi connectivity index (χ3v) is 5.26. The summed E-state index contributed by atoms with van der Waals surface area (Å²) in [6.45, 7) is 3.05. The van der Waals surface area contributed by atoms with Gasteiger partial charge >= 0.3 is 5.95 Å². The number of carbonyl (C=O) groups is 1. The van der Waals surface area contributed by atoms with Crippen molar-refractivity contribution in [1.82, 2.24) is 34.3 Å². The summed E-state index contributed by atoms with van der Waals surface area (Å²) >= 11 is 6.10. The molecule has 3 heterocycles. The van der Waals surface area contributed by atoms with Gasteiger partial charge in [0.2, 0.25) is 6.33 Å². The first-order chi connectivity index (χ1) is 14.9. The Morgan fingerprint density at radius 1 is 1.16 bits per heavy atom. The first-order valence-corrected chi connectivity index (χ1v) is 9.80. The average Bonchev–Trinajstić information content (AvgIpc) is 3.40. The minimum atomic E-state index is -0.682. The first kappa shape index (κ1) is 20.9. The molecule has 0 bridgehead atoms. The molecule has 3 aromatic rings. The summed E-state index contributed by atoms with van der Waals surface area (Å²) in [5.74, 6) is -1.06. The number of rotatable bonds is 6. The molecule has 4 rings (SSSR count). The molecule has 162 valence electrons. The smallest absolute Gasteiger partial charge is 0.390 e. The molecule has 1 aliphatic heterocycles. The van der Waals surface area contributed by atoms with Crippen molar-refractivity contribution in [3.63, 3.8) is 0 Å². The third-order valence-electron chi connectivity index (χ3n) is 4.91. The van der Waals surface area contributed by atoms with E-state index in [4.69, 9.17) is 11.6 Å². The van der Waals surface area contributed by atoms with Gasteiger partial charge in [-0.05, 0) is 28.7 Å². The predicted molar refractivity (Wildman–Crippen MR) is 107 cm³/mol. The maximum Gasteiger partial charge on any atom is 0.491 e. The highest BCUT2D eigenvalue weighted by atomic mass is 35.5. The van der Waals surface area contributed by atoms with Gasteiger partial charge in [0.1, 0.15) is 11.5 Å². The van der Waals surface area contributed by atoms with Crippen LogP contribution in [0.5, 0.6) is 0 Å². The van der Waals surface area contributed by atoms with Gasteiger partial charge in [0.05, 0.1) is 0 Å². The number of aromatic nitrogens is 5. The number of piperazine rings is 1. The fraction of sp³-hybridized carbons (Fsp3) is 0.333. The molecule has 1 aliphatic rings. The topological polar surface area (TPSA) is 115 Å². The lowest BCUT2D eigenvalue weighted by molar-refractivity contribution is -0.394. The molecule has 0 unspecified atom stereocenters. The van der Waals surface area contributed by atoms with Gasteiger partial charge in [-0.2, -0.15) is 9.78 Å². The molecule has 0 atom stereocenters. The van der Waals surface area contributed by atoms with Crippen LogP contribution in [-0.2, 0) is 13.2 Å². The number of halogens is 2. The Morgan fingerprint density at radius 2 is 1.94 bits per heavy atom. The second-order valence-corrected chi connectivity index (χ2v) is 7.43. The molecular weight excluding hydrogens is 431 g/mol. The van der Waals surface area contributed by atoms with Crippen molar-refractivity contribution < 1.29 is 14.1 Å². The van der Waals surface area contributed by atoms with Crippen LogP contribution in [0.2, 0.25) is 5.02 Å². The summed E-state index contributed by atoms with van der Waals surface area (Å²) in [4.78, 5) is 30.2. The number of hydrogen-bond acceptors (Lipinski definition) is 7. The van der Waals surface area contributed by atoms with Crippen molar-refractivity contribution in [3.8, 4) is 0 Å². The van der Waals surface area contributed by atoms with E-state index in [9.17, 15) is 19.3 Å². The van der Waals surface area contributed by atoms with Crippen LogP contribution in [0.25, 0.3) is 0 Å². The van der Waals surface area contributed by atoms with E-state index < -0.39 is 10.9 Å². The molecule has 1 amide bonds. The van der Waals surface area contributed by atoms with Gasteiger partial charge < -0.3 is 15.0 Å². The van der Waals surface area contributed by atoms with E-state index in [1.807, 2.05) is 0 Å². The molecule has 13 heteroatoms. The van der Waals surface area contributed by atoms with Crippen molar-refractivity contribution in [2.45, 2.75) is 13.2 Å². The van der Waals surface area contributed by atoms with Crippen LogP contribution in [-0.4, -0.2) is 71.4 Å². The van der Waals surface area contributed by atoms with E-state index in [0.717, 1.165) is 5.56 Å². The molecule has 0 spiro atoms. The number of nitrogens with zero attached hydrogens (tertiary/aromatic N) is 8. The van der Waals surface area contributed by atoms with E-state index in [2.05, 4.69) is 20.1 Å². The zero-order valence-electron chi connectivity index (χ0n) is 16.3. The van der Waals surface area contributed by atoms with Crippen molar-refractivity contribution in [3.05, 3.63) is 69.0 Å². The molecule has 2 aromatic heterocycles. The Balaban J connectivity index is 1.32. The van der Waals surface area contributed by atoms with Gasteiger partial charge in [0, 0.05) is 49.0 Å². The zero-order chi connectivity index (χ0) is 22.0. The van der Waals surface area contributed by atoms with Crippen LogP contribution in [0.4, 0.5) is 10.3 Å². The van der Waals surface area contributed by atoms with Gasteiger partial charge in [-0.25, -0.2) is 9.07 Å². The van der Waals surface area contributed by atoms with Gasteiger partial charge in [0.15, 0.2) is 6.67 Å². The highest BCUT2D eigenvalue weighted by Crippen LogP contribution is 2.20. The lowest BCUT2D eigenvalue weighted by Crippen LogP contribution is -2.48. The molecular formula is C18H18ClFN8O3. The van der Waals surface area contributed by atoms with Gasteiger partial charge in [-0.15, -0.1) is 0 Å². The summed E-state index contributed by atoms with van der Waals surface area (Å²) in [5.41, 5.74) is 1.12. The average molecular weight is 449 g/mol. The van der Waals surface area contributed by atoms with Crippen molar-refractivity contribution in [1.29, 1.82) is 0 Å². The summed E-state index contributed by atoms with van der Waals surface area (Å²) in [6.07, 6.45) is 2.83. The van der Waals surface area contributed by atoms with E-state index >= 15 is 0 Å². The molecule has 1 aromatic carbocycles. The van der Waals surface area contributed by atoms with Crippen LogP contribution in [0.15, 0.2) is 36.8 Å². The SMILES string of the molecule is O=C(c1ccn(Cn2cnc([N+](=O)[O-])n2)n1)N1CCN(Cc2ccc(F)cc2Cl)CC1. The van der Waals surface area contributed by atoms with Gasteiger partial charge in [-0.1, -0.05) is 22.7 Å². The van der Waals surface area contributed by atoms with Crippen LogP contribution in [0, 0.1) is 15.9 Å². The predicted octanol–water partition coefficient (Wildman–Crippen LogP) is 1.64. The Morgan fingerprint density at radius 3 is 2.61 bits per heavy atom. The van der Waals surface area contributed by atoms with Gasteiger partial charge in [-0.3, -0.25) is 9.69 Å². The molecule has 11 nitrogen and oxygen atoms in total. The quantitative estimate of drug-likeness (QED) is 0.415. The van der Waals surface area contributed by atoms with E-state index in [1.165, 1.54) is 27.8 Å². The number of hydrogen-bond donors (Lipinski definition) is 0. The van der Waals surface area contributed by atoms with Crippen LogP contribution >= 0.6 is 11.6 Å². The highest BCUT2D eigenvalue weighted by Gasteiger charge is 2.24. The number of carbonyl (C=O) groups excluding carboxylic acids is 1. The van der Waals surface area contributed by atoms with Crippen molar-refractivity contribution >= 4 is 23.5 Å².